The summed E-state index contributed by atoms with van der Waals surface area (Å²) in [4.78, 5) is 20.3. The molecular weight excluding hydrogens is 328 g/mol. The second kappa shape index (κ2) is 6.44. The van der Waals surface area contributed by atoms with Crippen molar-refractivity contribution >= 4 is 22.6 Å². The smallest absolute Gasteiger partial charge is 0.258 e. The molecule has 3 heterocycles. The number of hydrogen-bond acceptors (Lipinski definition) is 4. The predicted octanol–water partition coefficient (Wildman–Crippen LogP) is 3.65. The van der Waals surface area contributed by atoms with Crippen LogP contribution < -0.4 is 5.32 Å². The standard InChI is InChI=1S/C19H18N6O/c1-12(2)25-11-21-24-18(25)16-8-5-9-17(22-16)23-19(26)14-10-20-15-7-4-3-6-13(14)15/h3-12,20H,1-2H3,(H,22,23,26). The maximum Gasteiger partial charge on any atom is 0.258 e. The maximum absolute atomic E-state index is 12.7. The van der Waals surface area contributed by atoms with Gasteiger partial charge in [0.15, 0.2) is 5.82 Å². The summed E-state index contributed by atoms with van der Waals surface area (Å²) in [5.41, 5.74) is 2.16. The molecule has 0 spiro atoms. The summed E-state index contributed by atoms with van der Waals surface area (Å²) >= 11 is 0. The van der Waals surface area contributed by atoms with Crippen molar-refractivity contribution in [2.75, 3.05) is 5.32 Å². The Hall–Kier alpha value is -3.48. The molecule has 4 aromatic rings. The summed E-state index contributed by atoms with van der Waals surface area (Å²) in [6.07, 6.45) is 3.39. The molecule has 0 saturated heterocycles. The lowest BCUT2D eigenvalue weighted by Gasteiger charge is -2.10. The lowest BCUT2D eigenvalue weighted by Crippen LogP contribution is -2.13. The topological polar surface area (TPSA) is 88.5 Å². The van der Waals surface area contributed by atoms with Crippen LogP contribution in [0.3, 0.4) is 0 Å². The zero-order chi connectivity index (χ0) is 18.1. The van der Waals surface area contributed by atoms with Crippen LogP contribution >= 0.6 is 0 Å². The van der Waals surface area contributed by atoms with E-state index in [-0.39, 0.29) is 11.9 Å². The predicted molar refractivity (Wildman–Crippen MR) is 99.9 cm³/mol. The van der Waals surface area contributed by atoms with E-state index in [0.717, 1.165) is 10.9 Å². The number of pyridine rings is 1. The summed E-state index contributed by atoms with van der Waals surface area (Å²) < 4.78 is 1.94. The van der Waals surface area contributed by atoms with Gasteiger partial charge in [-0.3, -0.25) is 4.79 Å². The fourth-order valence-corrected chi connectivity index (χ4v) is 2.88. The summed E-state index contributed by atoms with van der Waals surface area (Å²) in [6.45, 7) is 4.10. The van der Waals surface area contributed by atoms with Gasteiger partial charge in [-0.15, -0.1) is 10.2 Å². The molecule has 0 radical (unpaired) electrons. The van der Waals surface area contributed by atoms with Crippen LogP contribution in [0.1, 0.15) is 30.2 Å². The van der Waals surface area contributed by atoms with E-state index in [2.05, 4.69) is 39.3 Å². The second-order valence-corrected chi connectivity index (χ2v) is 6.27. The van der Waals surface area contributed by atoms with E-state index in [0.29, 0.717) is 22.9 Å². The number of anilines is 1. The highest BCUT2D eigenvalue weighted by atomic mass is 16.1. The Kier molecular flexibility index (Phi) is 3.96. The van der Waals surface area contributed by atoms with Gasteiger partial charge in [-0.2, -0.15) is 0 Å². The fourth-order valence-electron chi connectivity index (χ4n) is 2.88. The van der Waals surface area contributed by atoms with Crippen molar-refractivity contribution in [3.63, 3.8) is 0 Å². The first-order valence-corrected chi connectivity index (χ1v) is 8.38. The number of rotatable bonds is 4. The summed E-state index contributed by atoms with van der Waals surface area (Å²) in [7, 11) is 0. The third-order valence-electron chi connectivity index (χ3n) is 4.18. The van der Waals surface area contributed by atoms with Gasteiger partial charge < -0.3 is 14.9 Å². The lowest BCUT2D eigenvalue weighted by molar-refractivity contribution is 0.102. The Morgan fingerprint density at radius 2 is 2.00 bits per heavy atom. The highest BCUT2D eigenvalue weighted by Gasteiger charge is 2.15. The number of H-pyrrole nitrogens is 1. The number of para-hydroxylation sites is 1. The van der Waals surface area contributed by atoms with Crippen LogP contribution in [0.2, 0.25) is 0 Å². The molecule has 0 aliphatic carbocycles. The van der Waals surface area contributed by atoms with Gasteiger partial charge in [-0.25, -0.2) is 4.98 Å². The quantitative estimate of drug-likeness (QED) is 0.590. The Bertz CT molecular complexity index is 1080. The molecular formula is C19H18N6O. The average molecular weight is 346 g/mol. The average Bonchev–Trinajstić information content (AvgIpc) is 3.29. The van der Waals surface area contributed by atoms with E-state index < -0.39 is 0 Å². The maximum atomic E-state index is 12.7. The molecule has 1 amide bonds. The SMILES string of the molecule is CC(C)n1cnnc1-c1cccc(NC(=O)c2c[nH]c3ccccc23)n1. The van der Waals surface area contributed by atoms with Gasteiger partial charge in [0.1, 0.15) is 17.8 Å². The van der Waals surface area contributed by atoms with Gasteiger partial charge in [0.05, 0.1) is 5.56 Å². The molecule has 2 N–H and O–H groups in total. The molecule has 0 aliphatic heterocycles. The van der Waals surface area contributed by atoms with Crippen LogP contribution in [0, 0.1) is 0 Å². The van der Waals surface area contributed by atoms with Crippen molar-refractivity contribution in [1.82, 2.24) is 24.7 Å². The molecule has 7 nitrogen and oxygen atoms in total. The second-order valence-electron chi connectivity index (χ2n) is 6.27. The van der Waals surface area contributed by atoms with Crippen molar-refractivity contribution in [2.45, 2.75) is 19.9 Å². The van der Waals surface area contributed by atoms with Crippen molar-refractivity contribution in [2.24, 2.45) is 0 Å². The van der Waals surface area contributed by atoms with Gasteiger partial charge in [0, 0.05) is 23.1 Å². The number of carbonyl (C=O) groups is 1. The normalized spacial score (nSPS) is 11.2. The van der Waals surface area contributed by atoms with Crippen LogP contribution in [-0.4, -0.2) is 30.6 Å². The molecule has 130 valence electrons. The van der Waals surface area contributed by atoms with Crippen molar-refractivity contribution in [3.8, 4) is 11.5 Å². The number of nitrogens with zero attached hydrogens (tertiary/aromatic N) is 4. The van der Waals surface area contributed by atoms with Gasteiger partial charge in [-0.1, -0.05) is 24.3 Å². The van der Waals surface area contributed by atoms with Gasteiger partial charge >= 0.3 is 0 Å². The monoisotopic (exact) mass is 346 g/mol. The van der Waals surface area contributed by atoms with Crippen LogP contribution in [-0.2, 0) is 0 Å². The summed E-state index contributed by atoms with van der Waals surface area (Å²) in [5.74, 6) is 0.928. The number of carbonyl (C=O) groups excluding carboxylic acids is 1. The number of nitrogens with one attached hydrogen (secondary N) is 2. The van der Waals surface area contributed by atoms with Gasteiger partial charge in [0.25, 0.3) is 5.91 Å². The van der Waals surface area contributed by atoms with Crippen LogP contribution in [0.4, 0.5) is 5.82 Å². The van der Waals surface area contributed by atoms with Crippen LogP contribution in [0.5, 0.6) is 0 Å². The Morgan fingerprint density at radius 1 is 1.15 bits per heavy atom. The van der Waals surface area contributed by atoms with Gasteiger partial charge in [0.2, 0.25) is 0 Å². The minimum Gasteiger partial charge on any atom is -0.360 e. The lowest BCUT2D eigenvalue weighted by atomic mass is 10.1. The third kappa shape index (κ3) is 2.83. The number of aromatic nitrogens is 5. The van der Waals surface area contributed by atoms with E-state index in [9.17, 15) is 4.79 Å². The molecule has 26 heavy (non-hydrogen) atoms. The van der Waals surface area contributed by atoms with Crippen LogP contribution in [0.15, 0.2) is 55.0 Å². The highest BCUT2D eigenvalue weighted by molar-refractivity contribution is 6.12. The molecule has 7 heteroatoms. The molecule has 0 fully saturated rings. The molecule has 0 unspecified atom stereocenters. The molecule has 4 rings (SSSR count). The van der Waals surface area contributed by atoms with E-state index in [1.165, 1.54) is 0 Å². The van der Waals surface area contributed by atoms with Gasteiger partial charge in [-0.05, 0) is 32.0 Å². The molecule has 0 bridgehead atoms. The Morgan fingerprint density at radius 3 is 2.85 bits per heavy atom. The molecule has 0 saturated carbocycles. The Balaban J connectivity index is 1.63. The number of fused-ring (bicyclic) bond motifs is 1. The number of aromatic amines is 1. The highest BCUT2D eigenvalue weighted by Crippen LogP contribution is 2.21. The van der Waals surface area contributed by atoms with E-state index in [1.54, 1.807) is 18.6 Å². The fraction of sp³-hybridized carbons (Fsp3) is 0.158. The Labute approximate surface area is 150 Å². The van der Waals surface area contributed by atoms with Crippen molar-refractivity contribution < 1.29 is 4.79 Å². The van der Waals surface area contributed by atoms with E-state index in [1.807, 2.05) is 41.0 Å². The van der Waals surface area contributed by atoms with Crippen molar-refractivity contribution in [3.05, 3.63) is 60.6 Å². The van der Waals surface area contributed by atoms with E-state index >= 15 is 0 Å². The minimum atomic E-state index is -0.211. The molecule has 0 atom stereocenters. The first kappa shape index (κ1) is 16.0. The van der Waals surface area contributed by atoms with Crippen LogP contribution in [0.25, 0.3) is 22.4 Å². The van der Waals surface area contributed by atoms with Crippen molar-refractivity contribution in [1.29, 1.82) is 0 Å². The largest absolute Gasteiger partial charge is 0.360 e. The third-order valence-corrected chi connectivity index (χ3v) is 4.18. The number of hydrogen-bond donors (Lipinski definition) is 2. The number of benzene rings is 1. The zero-order valence-corrected chi connectivity index (χ0v) is 14.5. The number of amides is 1. The molecule has 0 aliphatic rings. The summed E-state index contributed by atoms with van der Waals surface area (Å²) in [6, 6.07) is 13.3. The first-order valence-electron chi connectivity index (χ1n) is 8.38. The zero-order valence-electron chi connectivity index (χ0n) is 14.5. The molecule has 3 aromatic heterocycles. The van der Waals surface area contributed by atoms with E-state index in [4.69, 9.17) is 0 Å². The molecule has 1 aromatic carbocycles. The first-order chi connectivity index (χ1) is 12.6. The minimum absolute atomic E-state index is 0.211. The summed E-state index contributed by atoms with van der Waals surface area (Å²) in [5, 5.41) is 11.9.